The molecule has 0 spiro atoms. The number of halogens is 5. The quantitative estimate of drug-likeness (QED) is 0.232. The predicted molar refractivity (Wildman–Crippen MR) is 148 cm³/mol. The van der Waals surface area contributed by atoms with E-state index in [1.165, 1.54) is 31.2 Å². The average Bonchev–Trinajstić information content (AvgIpc) is 3.35. The minimum absolute atomic E-state index is 0.105. The Morgan fingerprint density at radius 3 is 2.49 bits per heavy atom. The molecule has 0 bridgehead atoms. The van der Waals surface area contributed by atoms with E-state index < -0.39 is 47.9 Å². The highest BCUT2D eigenvalue weighted by molar-refractivity contribution is 6.01. The Kier molecular flexibility index (Phi) is 8.21. The van der Waals surface area contributed by atoms with Crippen LogP contribution < -0.4 is 15.4 Å². The van der Waals surface area contributed by atoms with Crippen LogP contribution in [0.1, 0.15) is 53.1 Å². The van der Waals surface area contributed by atoms with Crippen molar-refractivity contribution in [1.29, 1.82) is 0 Å². The summed E-state index contributed by atoms with van der Waals surface area (Å²) in [6.45, 7) is 3.21. The van der Waals surface area contributed by atoms with Crippen molar-refractivity contribution in [1.82, 2.24) is 14.8 Å². The number of pyridine rings is 1. The number of benzene rings is 1. The molecule has 3 heterocycles. The molecule has 2 atom stereocenters. The van der Waals surface area contributed by atoms with E-state index in [0.717, 1.165) is 18.4 Å². The maximum Gasteiger partial charge on any atom is 0.417 e. The summed E-state index contributed by atoms with van der Waals surface area (Å²) in [7, 11) is 1.96. The zero-order chi connectivity index (χ0) is 31.1. The van der Waals surface area contributed by atoms with Crippen LogP contribution in [0.5, 0.6) is 0 Å². The van der Waals surface area contributed by atoms with Gasteiger partial charge < -0.3 is 20.4 Å². The Bertz CT molecular complexity index is 1520. The molecule has 8 nitrogen and oxygen atoms in total. The molecule has 1 aliphatic heterocycles. The van der Waals surface area contributed by atoms with E-state index in [1.807, 2.05) is 17.7 Å². The van der Waals surface area contributed by atoms with Crippen LogP contribution in [0.3, 0.4) is 0 Å². The number of nitrogens with zero attached hydrogens (tertiary/aromatic N) is 3. The molecule has 0 radical (unpaired) electrons. The summed E-state index contributed by atoms with van der Waals surface area (Å²) in [6, 6.07) is 8.30. The Morgan fingerprint density at radius 2 is 1.81 bits per heavy atom. The number of amides is 2. The molecule has 2 N–H and O–H groups in total. The number of rotatable bonds is 6. The number of alkyl halides is 5. The molecule has 13 heteroatoms. The molecule has 0 unspecified atom stereocenters. The van der Waals surface area contributed by atoms with Crippen LogP contribution >= 0.6 is 0 Å². The molecule has 2 aromatic heterocycles. The lowest BCUT2D eigenvalue weighted by molar-refractivity contribution is -0.611. The van der Waals surface area contributed by atoms with E-state index in [-0.39, 0.29) is 35.3 Å². The highest BCUT2D eigenvalue weighted by atomic mass is 19.4. The first-order valence-electron chi connectivity index (χ1n) is 14.0. The Labute approximate surface area is 245 Å². The van der Waals surface area contributed by atoms with Gasteiger partial charge >= 0.3 is 6.18 Å². The third-order valence-electron chi connectivity index (χ3n) is 8.24. The third-order valence-corrected chi connectivity index (χ3v) is 8.24. The first-order chi connectivity index (χ1) is 20.2. The minimum atomic E-state index is -4.70. The number of fused-ring (bicyclic) bond motifs is 1. The van der Waals surface area contributed by atoms with Crippen molar-refractivity contribution in [2.24, 2.45) is 5.92 Å². The van der Waals surface area contributed by atoms with E-state index in [0.29, 0.717) is 36.0 Å². The van der Waals surface area contributed by atoms with Crippen molar-refractivity contribution < 1.29 is 36.3 Å². The van der Waals surface area contributed by atoms with Crippen molar-refractivity contribution in [3.05, 3.63) is 76.5 Å². The molecular formula is C30H32F5N5O3. The second-order valence-electron chi connectivity index (χ2n) is 11.3. The van der Waals surface area contributed by atoms with Crippen LogP contribution in [-0.2, 0) is 24.1 Å². The first-order valence-corrected chi connectivity index (χ1v) is 14.0. The lowest BCUT2D eigenvalue weighted by Gasteiger charge is -2.34. The first kappa shape index (κ1) is 30.5. The van der Waals surface area contributed by atoms with Crippen LogP contribution in [0.2, 0.25) is 0 Å². The molecule has 43 heavy (non-hydrogen) atoms. The fourth-order valence-electron chi connectivity index (χ4n) is 6.03. The van der Waals surface area contributed by atoms with Crippen molar-refractivity contribution in [2.75, 3.05) is 18.9 Å². The molecule has 2 amide bonds. The SMILES string of the molecule is Cc1c(-c2ccc(NC(=O)[C@@H](NC(=O)c3ccc4n3CCN(C)C4)[C@H]3CCCC(F)(F)C3)cc2)c(C(F)(F)F)cc[n+]1[O-]. The molecule has 5 rings (SSSR count). The number of hydrogen-bond acceptors (Lipinski definition) is 4. The summed E-state index contributed by atoms with van der Waals surface area (Å²) in [4.78, 5) is 29.0. The number of hydrogen-bond donors (Lipinski definition) is 2. The van der Waals surface area contributed by atoms with Crippen molar-refractivity contribution in [3.8, 4) is 11.1 Å². The van der Waals surface area contributed by atoms with Gasteiger partial charge in [0, 0.05) is 56.8 Å². The van der Waals surface area contributed by atoms with Crippen molar-refractivity contribution in [2.45, 2.75) is 63.8 Å². The highest BCUT2D eigenvalue weighted by Gasteiger charge is 2.42. The second-order valence-corrected chi connectivity index (χ2v) is 11.3. The van der Waals surface area contributed by atoms with E-state index in [1.54, 1.807) is 6.07 Å². The monoisotopic (exact) mass is 605 g/mol. The Hall–Kier alpha value is -4.00. The number of likely N-dealkylation sites (N-methyl/N-ethyl adjacent to an activating group) is 1. The molecular weight excluding hydrogens is 573 g/mol. The normalized spacial score (nSPS) is 19.4. The van der Waals surface area contributed by atoms with Gasteiger partial charge in [0.25, 0.3) is 5.91 Å². The third kappa shape index (κ3) is 6.51. The average molecular weight is 606 g/mol. The molecule has 2 aliphatic rings. The molecule has 1 aliphatic carbocycles. The molecule has 1 aromatic carbocycles. The van der Waals surface area contributed by atoms with E-state index in [4.69, 9.17) is 0 Å². The lowest BCUT2D eigenvalue weighted by atomic mass is 9.81. The zero-order valence-corrected chi connectivity index (χ0v) is 23.7. The molecule has 1 saturated carbocycles. The van der Waals surface area contributed by atoms with Crippen LogP contribution in [-0.4, -0.2) is 46.8 Å². The fraction of sp³-hybridized carbons (Fsp3) is 0.433. The molecule has 3 aromatic rings. The minimum Gasteiger partial charge on any atom is -0.618 e. The largest absolute Gasteiger partial charge is 0.618 e. The molecule has 230 valence electrons. The predicted octanol–water partition coefficient (Wildman–Crippen LogP) is 5.12. The summed E-state index contributed by atoms with van der Waals surface area (Å²) in [5.41, 5.74) is 0.139. The van der Waals surface area contributed by atoms with E-state index >= 15 is 0 Å². The van der Waals surface area contributed by atoms with Crippen LogP contribution in [0.4, 0.5) is 27.6 Å². The van der Waals surface area contributed by atoms with E-state index in [2.05, 4.69) is 15.5 Å². The van der Waals surface area contributed by atoms with Gasteiger partial charge in [0.2, 0.25) is 11.8 Å². The van der Waals surface area contributed by atoms with Gasteiger partial charge in [-0.15, -0.1) is 0 Å². The van der Waals surface area contributed by atoms with Crippen LogP contribution in [0, 0.1) is 18.0 Å². The van der Waals surface area contributed by atoms with Crippen molar-refractivity contribution >= 4 is 17.5 Å². The van der Waals surface area contributed by atoms with Gasteiger partial charge in [-0.05, 0) is 55.6 Å². The number of aromatic nitrogens is 2. The van der Waals surface area contributed by atoms with Gasteiger partial charge in [-0.1, -0.05) is 12.1 Å². The topological polar surface area (TPSA) is 93.3 Å². The summed E-state index contributed by atoms with van der Waals surface area (Å²) >= 11 is 0. The fourth-order valence-corrected chi connectivity index (χ4v) is 6.03. The molecule has 1 fully saturated rings. The summed E-state index contributed by atoms with van der Waals surface area (Å²) in [6.07, 6.45) is -4.27. The van der Waals surface area contributed by atoms with Gasteiger partial charge in [-0.25, -0.2) is 8.78 Å². The summed E-state index contributed by atoms with van der Waals surface area (Å²) in [5.74, 6) is -5.07. The highest BCUT2D eigenvalue weighted by Crippen LogP contribution is 2.40. The molecule has 0 saturated heterocycles. The number of carbonyl (C=O) groups is 2. The van der Waals surface area contributed by atoms with Gasteiger partial charge in [0.1, 0.15) is 11.7 Å². The van der Waals surface area contributed by atoms with Crippen molar-refractivity contribution in [3.63, 3.8) is 0 Å². The Balaban J connectivity index is 1.39. The summed E-state index contributed by atoms with van der Waals surface area (Å²) < 4.78 is 72.0. The number of nitrogens with one attached hydrogen (secondary N) is 2. The maximum absolute atomic E-state index is 14.4. The summed E-state index contributed by atoms with van der Waals surface area (Å²) in [5, 5.41) is 17.4. The zero-order valence-electron chi connectivity index (χ0n) is 23.7. The Morgan fingerprint density at radius 1 is 1.09 bits per heavy atom. The van der Waals surface area contributed by atoms with Gasteiger partial charge in [-0.2, -0.15) is 17.9 Å². The number of carbonyl (C=O) groups excluding carboxylic acids is 2. The van der Waals surface area contributed by atoms with Crippen LogP contribution in [0.15, 0.2) is 48.7 Å². The smallest absolute Gasteiger partial charge is 0.417 e. The second kappa shape index (κ2) is 11.6. The lowest BCUT2D eigenvalue weighted by Crippen LogP contribution is -2.51. The van der Waals surface area contributed by atoms with Gasteiger partial charge in [0.05, 0.1) is 11.1 Å². The number of anilines is 1. The maximum atomic E-state index is 14.4. The van der Waals surface area contributed by atoms with E-state index in [9.17, 15) is 36.7 Å². The standard InChI is InChI=1S/C30H32F5N5O3/c1-18-25(23(30(33,34)35)11-13-40(18)43)19-5-7-21(8-6-19)36-28(42)26(20-4-3-12-29(31,32)16-20)37-27(41)24-10-9-22-17-38(2)14-15-39(22)24/h5-11,13,20,26H,3-4,12,14-17H2,1-2H3,(H,36,42)(H,37,41)/t20-,26-/m0/s1. The van der Waals surface area contributed by atoms with Gasteiger partial charge in [-0.3, -0.25) is 14.5 Å². The van der Waals surface area contributed by atoms with Crippen LogP contribution in [0.25, 0.3) is 11.1 Å². The van der Waals surface area contributed by atoms with Gasteiger partial charge in [0.15, 0.2) is 11.9 Å².